The third-order valence-corrected chi connectivity index (χ3v) is 3.57. The zero-order chi connectivity index (χ0) is 12.1. The Hall–Kier alpha value is -0.800. The summed E-state index contributed by atoms with van der Waals surface area (Å²) in [5, 5.41) is 0. The molecule has 0 bridgehead atoms. The fourth-order valence-electron chi connectivity index (χ4n) is 2.56. The van der Waals surface area contributed by atoms with Crippen molar-refractivity contribution in [2.45, 2.75) is 57.6 Å². The highest BCUT2D eigenvalue weighted by Crippen LogP contribution is 2.24. The molecule has 2 rings (SSSR count). The van der Waals surface area contributed by atoms with E-state index in [2.05, 4.69) is 6.92 Å². The third kappa shape index (κ3) is 3.33. The lowest BCUT2D eigenvalue weighted by atomic mass is 10.00. The standard InChI is InChI=1S/C14H23NO2/c1-2-14-12(8-10-17-14)13(15)7-3-5-11-6-4-9-16-11/h8,10-11,13H,2-7,9,15H2,1H3. The van der Waals surface area contributed by atoms with Crippen LogP contribution < -0.4 is 5.73 Å². The Bertz CT molecular complexity index is 329. The molecule has 0 aliphatic carbocycles. The summed E-state index contributed by atoms with van der Waals surface area (Å²) in [4.78, 5) is 0. The van der Waals surface area contributed by atoms with E-state index in [0.717, 1.165) is 38.1 Å². The van der Waals surface area contributed by atoms with E-state index < -0.39 is 0 Å². The van der Waals surface area contributed by atoms with Crippen molar-refractivity contribution in [1.82, 2.24) is 0 Å². The van der Waals surface area contributed by atoms with E-state index in [0.29, 0.717) is 6.10 Å². The molecular weight excluding hydrogens is 214 g/mol. The molecule has 1 aliphatic heterocycles. The Kier molecular flexibility index (Phi) is 4.63. The fourth-order valence-corrected chi connectivity index (χ4v) is 2.56. The number of hydrogen-bond donors (Lipinski definition) is 1. The van der Waals surface area contributed by atoms with Crippen LogP contribution in [0.5, 0.6) is 0 Å². The highest BCUT2D eigenvalue weighted by molar-refractivity contribution is 5.20. The summed E-state index contributed by atoms with van der Waals surface area (Å²) in [6.45, 7) is 3.04. The van der Waals surface area contributed by atoms with E-state index in [4.69, 9.17) is 14.9 Å². The second kappa shape index (κ2) is 6.22. The van der Waals surface area contributed by atoms with Crippen molar-refractivity contribution in [3.63, 3.8) is 0 Å². The van der Waals surface area contributed by atoms with Crippen LogP contribution in [0, 0.1) is 0 Å². The van der Waals surface area contributed by atoms with Gasteiger partial charge in [-0.2, -0.15) is 0 Å². The van der Waals surface area contributed by atoms with Crippen molar-refractivity contribution < 1.29 is 9.15 Å². The van der Waals surface area contributed by atoms with Crippen LogP contribution in [0.15, 0.2) is 16.7 Å². The van der Waals surface area contributed by atoms with Crippen LogP contribution in [0.25, 0.3) is 0 Å². The van der Waals surface area contributed by atoms with Crippen molar-refractivity contribution >= 4 is 0 Å². The Morgan fingerprint density at radius 2 is 2.41 bits per heavy atom. The van der Waals surface area contributed by atoms with E-state index in [9.17, 15) is 0 Å². The lowest BCUT2D eigenvalue weighted by Crippen LogP contribution is -2.12. The first-order chi connectivity index (χ1) is 8.31. The number of nitrogens with two attached hydrogens (primary N) is 1. The summed E-state index contributed by atoms with van der Waals surface area (Å²) in [6.07, 6.45) is 8.90. The van der Waals surface area contributed by atoms with Gasteiger partial charge in [0.15, 0.2) is 0 Å². The van der Waals surface area contributed by atoms with Gasteiger partial charge in [0.25, 0.3) is 0 Å². The molecule has 0 spiro atoms. The van der Waals surface area contributed by atoms with Crippen molar-refractivity contribution in [2.75, 3.05) is 6.61 Å². The SMILES string of the molecule is CCc1occc1C(N)CCCC1CCCO1. The monoisotopic (exact) mass is 237 g/mol. The molecule has 0 amide bonds. The van der Waals surface area contributed by atoms with Crippen LogP contribution >= 0.6 is 0 Å². The summed E-state index contributed by atoms with van der Waals surface area (Å²) in [5.74, 6) is 1.04. The predicted octanol–water partition coefficient (Wildman–Crippen LogP) is 3.19. The van der Waals surface area contributed by atoms with E-state index in [1.54, 1.807) is 6.26 Å². The van der Waals surface area contributed by atoms with E-state index in [-0.39, 0.29) is 6.04 Å². The van der Waals surface area contributed by atoms with Crippen LogP contribution in [0.2, 0.25) is 0 Å². The van der Waals surface area contributed by atoms with Gasteiger partial charge in [-0.05, 0) is 38.2 Å². The van der Waals surface area contributed by atoms with Crippen molar-refractivity contribution in [1.29, 1.82) is 0 Å². The molecule has 3 heteroatoms. The maximum absolute atomic E-state index is 6.20. The van der Waals surface area contributed by atoms with Crippen LogP contribution in [-0.4, -0.2) is 12.7 Å². The van der Waals surface area contributed by atoms with Crippen LogP contribution in [0.1, 0.15) is 56.4 Å². The lowest BCUT2D eigenvalue weighted by Gasteiger charge is -2.13. The largest absolute Gasteiger partial charge is 0.469 e. The molecule has 17 heavy (non-hydrogen) atoms. The quantitative estimate of drug-likeness (QED) is 0.826. The van der Waals surface area contributed by atoms with E-state index in [1.165, 1.54) is 18.4 Å². The normalized spacial score (nSPS) is 21.9. The minimum atomic E-state index is 0.116. The molecule has 2 unspecified atom stereocenters. The second-order valence-corrected chi connectivity index (χ2v) is 4.83. The first-order valence-corrected chi connectivity index (χ1v) is 6.74. The molecule has 1 aromatic heterocycles. The maximum Gasteiger partial charge on any atom is 0.108 e. The zero-order valence-corrected chi connectivity index (χ0v) is 10.7. The first kappa shape index (κ1) is 12.7. The van der Waals surface area contributed by atoms with Gasteiger partial charge in [0.2, 0.25) is 0 Å². The summed E-state index contributed by atoms with van der Waals surface area (Å²) in [7, 11) is 0. The summed E-state index contributed by atoms with van der Waals surface area (Å²) in [6, 6.07) is 2.13. The van der Waals surface area contributed by atoms with Gasteiger partial charge in [-0.25, -0.2) is 0 Å². The molecule has 1 fully saturated rings. The predicted molar refractivity (Wildman–Crippen MR) is 67.8 cm³/mol. The van der Waals surface area contributed by atoms with Gasteiger partial charge in [-0.15, -0.1) is 0 Å². The summed E-state index contributed by atoms with van der Waals surface area (Å²) >= 11 is 0. The van der Waals surface area contributed by atoms with Crippen molar-refractivity contribution in [3.8, 4) is 0 Å². The second-order valence-electron chi connectivity index (χ2n) is 4.83. The average Bonchev–Trinajstić information content (AvgIpc) is 2.99. The molecule has 2 heterocycles. The smallest absolute Gasteiger partial charge is 0.108 e. The van der Waals surface area contributed by atoms with Gasteiger partial charge in [0.05, 0.1) is 12.4 Å². The Morgan fingerprint density at radius 3 is 3.12 bits per heavy atom. The number of hydrogen-bond acceptors (Lipinski definition) is 3. The fraction of sp³-hybridized carbons (Fsp3) is 0.714. The summed E-state index contributed by atoms with van der Waals surface area (Å²) < 4.78 is 11.0. The molecule has 1 saturated heterocycles. The average molecular weight is 237 g/mol. The number of ether oxygens (including phenoxy) is 1. The van der Waals surface area contributed by atoms with E-state index in [1.807, 2.05) is 6.07 Å². The molecule has 0 saturated carbocycles. The van der Waals surface area contributed by atoms with Crippen LogP contribution in [-0.2, 0) is 11.2 Å². The molecule has 2 N–H and O–H groups in total. The minimum Gasteiger partial charge on any atom is -0.469 e. The number of furan rings is 1. The third-order valence-electron chi connectivity index (χ3n) is 3.57. The highest BCUT2D eigenvalue weighted by Gasteiger charge is 2.17. The van der Waals surface area contributed by atoms with Gasteiger partial charge in [0.1, 0.15) is 5.76 Å². The minimum absolute atomic E-state index is 0.116. The number of rotatable bonds is 6. The van der Waals surface area contributed by atoms with Crippen molar-refractivity contribution in [2.24, 2.45) is 5.73 Å². The Balaban J connectivity index is 1.74. The maximum atomic E-state index is 6.20. The number of aryl methyl sites for hydroxylation is 1. The van der Waals surface area contributed by atoms with Gasteiger partial charge in [-0.1, -0.05) is 6.92 Å². The topological polar surface area (TPSA) is 48.4 Å². The molecule has 2 atom stereocenters. The molecule has 1 aliphatic rings. The lowest BCUT2D eigenvalue weighted by molar-refractivity contribution is 0.101. The molecule has 0 radical (unpaired) electrons. The van der Waals surface area contributed by atoms with Crippen LogP contribution in [0.3, 0.4) is 0 Å². The molecule has 0 aromatic carbocycles. The Labute approximate surface area is 103 Å². The van der Waals surface area contributed by atoms with Gasteiger partial charge >= 0.3 is 0 Å². The van der Waals surface area contributed by atoms with Crippen molar-refractivity contribution in [3.05, 3.63) is 23.7 Å². The van der Waals surface area contributed by atoms with E-state index >= 15 is 0 Å². The highest BCUT2D eigenvalue weighted by atomic mass is 16.5. The Morgan fingerprint density at radius 1 is 1.53 bits per heavy atom. The molecule has 1 aromatic rings. The molecular formula is C14H23NO2. The summed E-state index contributed by atoms with van der Waals surface area (Å²) in [5.41, 5.74) is 7.38. The van der Waals surface area contributed by atoms with Gasteiger partial charge in [0, 0.05) is 24.6 Å². The zero-order valence-electron chi connectivity index (χ0n) is 10.7. The van der Waals surface area contributed by atoms with Crippen LogP contribution in [0.4, 0.5) is 0 Å². The molecule has 96 valence electrons. The van der Waals surface area contributed by atoms with Gasteiger partial charge < -0.3 is 14.9 Å². The van der Waals surface area contributed by atoms with Gasteiger partial charge in [-0.3, -0.25) is 0 Å². The first-order valence-electron chi connectivity index (χ1n) is 6.74. The molecule has 3 nitrogen and oxygen atoms in total.